The zero-order valence-electron chi connectivity index (χ0n) is 35.0. The van der Waals surface area contributed by atoms with Crippen molar-refractivity contribution in [1.29, 1.82) is 0 Å². The van der Waals surface area contributed by atoms with Crippen LogP contribution >= 0.6 is 0 Å². The van der Waals surface area contributed by atoms with Crippen LogP contribution < -0.4 is 51.2 Å². The van der Waals surface area contributed by atoms with Crippen LogP contribution in [-0.4, -0.2) is 149 Å². The maximum absolute atomic E-state index is 13.4. The third kappa shape index (κ3) is 13.2. The Hall–Kier alpha value is -6.60. The summed E-state index contributed by atoms with van der Waals surface area (Å²) in [5.41, 5.74) is -10.1. The van der Waals surface area contributed by atoms with Crippen molar-refractivity contribution >= 4 is 17.9 Å². The molecule has 30 heteroatoms. The molecule has 0 atom stereocenters. The molecule has 3 rings (SSSR count). The number of hydrogen-bond acceptors (Lipinski definition) is 21. The van der Waals surface area contributed by atoms with Crippen LogP contribution in [0.25, 0.3) is 0 Å². The van der Waals surface area contributed by atoms with Crippen LogP contribution in [-0.2, 0) is 87.5 Å². The van der Waals surface area contributed by atoms with Crippen molar-refractivity contribution in [3.8, 4) is 0 Å². The van der Waals surface area contributed by atoms with Crippen LogP contribution in [0.4, 0.5) is 0 Å². The second-order valence-electron chi connectivity index (χ2n) is 13.6. The molecule has 0 unspecified atom stereocenters. The Morgan fingerprint density at radius 2 is 0.538 bits per heavy atom. The summed E-state index contributed by atoms with van der Waals surface area (Å²) in [5, 5.41) is 55.8. The van der Waals surface area contributed by atoms with E-state index < -0.39 is 206 Å². The van der Waals surface area contributed by atoms with Crippen molar-refractivity contribution < 1.29 is 59.2 Å². The Kier molecular flexibility index (Phi) is 20.8. The molecular formula is C35H51N9O21. The molecule has 3 aromatic rings. The van der Waals surface area contributed by atoms with Gasteiger partial charge in [0.2, 0.25) is 0 Å². The van der Waals surface area contributed by atoms with Crippen LogP contribution in [0.3, 0.4) is 0 Å². The molecule has 0 fully saturated rings. The molecule has 3 aromatic heterocycles. The molecule has 0 bridgehead atoms. The predicted molar refractivity (Wildman–Crippen MR) is 215 cm³/mol. The molecule has 65 heavy (non-hydrogen) atoms. The fraction of sp³-hybridized carbons (Fsp3) is 0.657. The highest BCUT2D eigenvalue weighted by Crippen LogP contribution is 2.17. The summed E-state index contributed by atoms with van der Waals surface area (Å²) in [6.45, 7) is -10.6. The highest BCUT2D eigenvalue weighted by atomic mass is 16.5. The highest BCUT2D eigenvalue weighted by Gasteiger charge is 2.25. The molecule has 0 saturated heterocycles. The summed E-state index contributed by atoms with van der Waals surface area (Å²) >= 11 is 0. The van der Waals surface area contributed by atoms with Gasteiger partial charge in [-0.3, -0.25) is 14.4 Å². The number of aliphatic hydroxyl groups excluding tert-OH is 6. The molecule has 0 radical (unpaired) electrons. The normalized spacial score (nSPS) is 11.3. The number of aromatic nitrogens is 9. The third-order valence-electron chi connectivity index (χ3n) is 9.54. The lowest BCUT2D eigenvalue weighted by Gasteiger charge is -2.17. The summed E-state index contributed by atoms with van der Waals surface area (Å²) in [6.07, 6.45) is -1.86. The first-order valence-corrected chi connectivity index (χ1v) is 20.0. The van der Waals surface area contributed by atoms with E-state index in [1.165, 1.54) is 0 Å². The number of carbonyl (C=O) groups is 3. The van der Waals surface area contributed by atoms with Gasteiger partial charge in [-0.15, -0.1) is 0 Å². The zero-order valence-corrected chi connectivity index (χ0v) is 35.0. The van der Waals surface area contributed by atoms with Crippen molar-refractivity contribution in [3.05, 3.63) is 94.4 Å². The second kappa shape index (κ2) is 25.6. The lowest BCUT2D eigenvalue weighted by Crippen LogP contribution is -2.55. The van der Waals surface area contributed by atoms with Gasteiger partial charge in [-0.05, 0) is 12.8 Å². The third-order valence-corrected chi connectivity index (χ3v) is 9.54. The quantitative estimate of drug-likeness (QED) is 0.0291. The van der Waals surface area contributed by atoms with Crippen LogP contribution in [0, 0.1) is 5.92 Å². The summed E-state index contributed by atoms with van der Waals surface area (Å²) in [4.78, 5) is 154. The van der Waals surface area contributed by atoms with Gasteiger partial charge in [0, 0.05) is 12.8 Å². The van der Waals surface area contributed by atoms with E-state index in [1.807, 2.05) is 0 Å². The van der Waals surface area contributed by atoms with E-state index in [2.05, 4.69) is 0 Å². The zero-order chi connectivity index (χ0) is 48.4. The fourth-order valence-corrected chi connectivity index (χ4v) is 6.33. The SMILES string of the molecule is O=C(CCC(CCC(=O)OCCn1c(=O)n(CCO)c(=O)n(CCO)c1=O)C(=O)OCCn1c(=O)n(CCO)c(=O)n(CCO)c1=O)OCCn1c(=O)n(CCO)c(=O)n(CCO)c1=O. The van der Waals surface area contributed by atoms with Gasteiger partial charge in [0.25, 0.3) is 0 Å². The Morgan fingerprint density at radius 1 is 0.338 bits per heavy atom. The number of hydrogen-bond donors (Lipinski definition) is 6. The van der Waals surface area contributed by atoms with Gasteiger partial charge >= 0.3 is 69.1 Å². The molecule has 3 heterocycles. The van der Waals surface area contributed by atoms with Crippen LogP contribution in [0.2, 0.25) is 0 Å². The van der Waals surface area contributed by atoms with Gasteiger partial charge in [0.05, 0.1) is 104 Å². The van der Waals surface area contributed by atoms with E-state index in [4.69, 9.17) is 14.2 Å². The van der Waals surface area contributed by atoms with Gasteiger partial charge in [-0.2, -0.15) is 0 Å². The highest BCUT2D eigenvalue weighted by molar-refractivity contribution is 5.76. The number of esters is 3. The van der Waals surface area contributed by atoms with Crippen LogP contribution in [0.5, 0.6) is 0 Å². The minimum Gasteiger partial charge on any atom is -0.464 e. The molecule has 0 aliphatic carbocycles. The Labute approximate surface area is 362 Å². The minimum atomic E-state index is -1.31. The molecule has 0 saturated carbocycles. The first-order chi connectivity index (χ1) is 31.0. The average molecular weight is 934 g/mol. The van der Waals surface area contributed by atoms with Gasteiger partial charge in [-0.1, -0.05) is 0 Å². The van der Waals surface area contributed by atoms with E-state index in [0.29, 0.717) is 41.1 Å². The topological polar surface area (TPSA) is 398 Å². The molecule has 0 aliphatic rings. The van der Waals surface area contributed by atoms with Crippen LogP contribution in [0.1, 0.15) is 25.7 Å². The molecule has 0 amide bonds. The standard InChI is InChI=1S/C35H51N9O21/c45-14-5-36-27(54)37(6-15-46)31(58)42(30(36)57)11-20-63-24(51)3-1-23(26(53)65-22-13-44-34(61)40(9-18-49)29(56)41(10-19-50)35(44)62)2-4-25(52)64-21-12-43-32(59)38(7-16-47)28(55)39(8-17-48)33(43)60/h23,45-50H,1-22H2. The van der Waals surface area contributed by atoms with Gasteiger partial charge in [0.1, 0.15) is 19.8 Å². The summed E-state index contributed by atoms with van der Waals surface area (Å²) in [6, 6.07) is 0. The molecule has 6 N–H and O–H groups in total. The van der Waals surface area contributed by atoms with Crippen LogP contribution in [0.15, 0.2) is 43.2 Å². The second-order valence-corrected chi connectivity index (χ2v) is 13.6. The number of carbonyl (C=O) groups excluding carboxylic acids is 3. The van der Waals surface area contributed by atoms with Crippen molar-refractivity contribution in [3.63, 3.8) is 0 Å². The minimum absolute atomic E-state index is 0.383. The molecular weight excluding hydrogens is 882 g/mol. The van der Waals surface area contributed by atoms with Crippen molar-refractivity contribution in [2.24, 2.45) is 5.92 Å². The first kappa shape index (κ1) is 52.7. The van der Waals surface area contributed by atoms with E-state index >= 15 is 0 Å². The maximum Gasteiger partial charge on any atom is 0.336 e. The lowest BCUT2D eigenvalue weighted by molar-refractivity contribution is -0.151. The molecule has 0 aromatic carbocycles. The van der Waals surface area contributed by atoms with Gasteiger partial charge in [0.15, 0.2) is 0 Å². The van der Waals surface area contributed by atoms with E-state index in [-0.39, 0.29) is 12.8 Å². The van der Waals surface area contributed by atoms with E-state index in [9.17, 15) is 88.2 Å². The molecule has 0 spiro atoms. The monoisotopic (exact) mass is 933 g/mol. The van der Waals surface area contributed by atoms with Gasteiger partial charge in [-0.25, -0.2) is 84.3 Å². The predicted octanol–water partition coefficient (Wildman–Crippen LogP) is -9.70. The molecule has 30 nitrogen and oxygen atoms in total. The number of nitrogens with zero attached hydrogens (tertiary/aromatic N) is 9. The number of ether oxygens (including phenoxy) is 3. The van der Waals surface area contributed by atoms with Gasteiger partial charge < -0.3 is 44.8 Å². The van der Waals surface area contributed by atoms with Crippen molar-refractivity contribution in [1.82, 2.24) is 41.1 Å². The van der Waals surface area contributed by atoms with E-state index in [1.54, 1.807) is 0 Å². The van der Waals surface area contributed by atoms with E-state index in [0.717, 1.165) is 0 Å². The Morgan fingerprint density at radius 3 is 0.754 bits per heavy atom. The summed E-state index contributed by atoms with van der Waals surface area (Å²) in [5.74, 6) is -4.35. The number of rotatable bonds is 28. The fourth-order valence-electron chi connectivity index (χ4n) is 6.33. The Balaban J connectivity index is 1.78. The maximum atomic E-state index is 13.4. The number of aliphatic hydroxyl groups is 6. The largest absolute Gasteiger partial charge is 0.464 e. The Bertz CT molecular complexity index is 2440. The molecule has 0 aliphatic heterocycles. The lowest BCUT2D eigenvalue weighted by atomic mass is 9.97. The van der Waals surface area contributed by atoms with Crippen molar-refractivity contribution in [2.45, 2.75) is 84.6 Å². The van der Waals surface area contributed by atoms with Crippen molar-refractivity contribution in [2.75, 3.05) is 59.5 Å². The molecule has 362 valence electrons. The average Bonchev–Trinajstić information content (AvgIpc) is 3.27. The summed E-state index contributed by atoms with van der Waals surface area (Å²) in [7, 11) is 0. The summed E-state index contributed by atoms with van der Waals surface area (Å²) < 4.78 is 20.4. The first-order valence-electron chi connectivity index (χ1n) is 20.0. The smallest absolute Gasteiger partial charge is 0.336 e.